The molecule has 3 N–H and O–H groups in total. The molecule has 112 valence electrons. The van der Waals surface area contributed by atoms with Crippen LogP contribution in [0.15, 0.2) is 36.0 Å². The molecule has 0 spiro atoms. The van der Waals surface area contributed by atoms with E-state index in [4.69, 9.17) is 10.4 Å². The molecule has 0 aromatic heterocycles. The zero-order valence-electron chi connectivity index (χ0n) is 12.4. The maximum Gasteiger partial charge on any atom is 0.267 e. The lowest BCUT2D eigenvalue weighted by Gasteiger charge is -2.13. The fraction of sp³-hybridized carbons (Fsp3) is 0.375. The molecule has 1 aromatic rings. The van der Waals surface area contributed by atoms with Crippen LogP contribution < -0.4 is 10.6 Å². The number of nitrogens with zero attached hydrogens (tertiary/aromatic N) is 1. The van der Waals surface area contributed by atoms with Gasteiger partial charge in [0.15, 0.2) is 0 Å². The van der Waals surface area contributed by atoms with Crippen molar-refractivity contribution in [3.63, 3.8) is 0 Å². The molecule has 0 unspecified atom stereocenters. The molecule has 0 saturated carbocycles. The van der Waals surface area contributed by atoms with Gasteiger partial charge in [-0.05, 0) is 24.0 Å². The molecule has 0 fully saturated rings. The fourth-order valence-corrected chi connectivity index (χ4v) is 1.81. The van der Waals surface area contributed by atoms with Crippen molar-refractivity contribution in [1.29, 1.82) is 5.26 Å². The predicted octanol–water partition coefficient (Wildman–Crippen LogP) is 2.13. The number of hydrogen-bond donors (Lipinski definition) is 3. The SMILES string of the molecule is CC(C)c1ccccc1NC(=O)/C(C#N)=C\NCCCO. The smallest absolute Gasteiger partial charge is 0.267 e. The lowest BCUT2D eigenvalue weighted by atomic mass is 10.0. The average Bonchev–Trinajstić information content (AvgIpc) is 2.47. The summed E-state index contributed by atoms with van der Waals surface area (Å²) in [7, 11) is 0. The van der Waals surface area contributed by atoms with Gasteiger partial charge in [0.25, 0.3) is 5.91 Å². The van der Waals surface area contributed by atoms with E-state index in [-0.39, 0.29) is 18.1 Å². The molecule has 0 saturated heterocycles. The Balaban J connectivity index is 2.77. The molecular weight excluding hydrogens is 266 g/mol. The lowest BCUT2D eigenvalue weighted by molar-refractivity contribution is -0.112. The summed E-state index contributed by atoms with van der Waals surface area (Å²) >= 11 is 0. The zero-order chi connectivity index (χ0) is 15.7. The van der Waals surface area contributed by atoms with Crippen molar-refractivity contribution in [1.82, 2.24) is 5.32 Å². The summed E-state index contributed by atoms with van der Waals surface area (Å²) in [4.78, 5) is 12.1. The Morgan fingerprint density at radius 1 is 1.43 bits per heavy atom. The van der Waals surface area contributed by atoms with Gasteiger partial charge < -0.3 is 15.7 Å². The van der Waals surface area contributed by atoms with E-state index in [0.717, 1.165) is 5.56 Å². The second-order valence-electron chi connectivity index (χ2n) is 4.90. The molecule has 0 bridgehead atoms. The van der Waals surface area contributed by atoms with Gasteiger partial charge in [0.2, 0.25) is 0 Å². The van der Waals surface area contributed by atoms with Gasteiger partial charge in [-0.1, -0.05) is 32.0 Å². The summed E-state index contributed by atoms with van der Waals surface area (Å²) in [5, 5.41) is 23.3. The Kier molecular flexibility index (Phi) is 6.99. The minimum Gasteiger partial charge on any atom is -0.396 e. The monoisotopic (exact) mass is 287 g/mol. The van der Waals surface area contributed by atoms with Gasteiger partial charge in [-0.2, -0.15) is 5.26 Å². The molecule has 1 amide bonds. The van der Waals surface area contributed by atoms with Crippen molar-refractivity contribution in [3.8, 4) is 6.07 Å². The number of aliphatic hydroxyl groups excluding tert-OH is 1. The third-order valence-corrected chi connectivity index (χ3v) is 2.92. The molecular formula is C16H21N3O2. The Morgan fingerprint density at radius 2 is 2.14 bits per heavy atom. The number of carbonyl (C=O) groups is 1. The van der Waals surface area contributed by atoms with E-state index in [1.54, 1.807) is 0 Å². The number of amides is 1. The van der Waals surface area contributed by atoms with E-state index in [2.05, 4.69) is 10.6 Å². The first-order chi connectivity index (χ1) is 10.1. The quantitative estimate of drug-likeness (QED) is 0.407. The Labute approximate surface area is 125 Å². The molecule has 5 nitrogen and oxygen atoms in total. The maximum atomic E-state index is 12.1. The van der Waals surface area contributed by atoms with Crippen molar-refractivity contribution in [2.75, 3.05) is 18.5 Å². The van der Waals surface area contributed by atoms with Crippen LogP contribution in [0.25, 0.3) is 0 Å². The van der Waals surface area contributed by atoms with E-state index < -0.39 is 5.91 Å². The van der Waals surface area contributed by atoms with Crippen LogP contribution in [0.4, 0.5) is 5.69 Å². The summed E-state index contributed by atoms with van der Waals surface area (Å²) in [5.74, 6) is -0.166. The third kappa shape index (κ3) is 5.28. The first kappa shape index (κ1) is 16.7. The first-order valence-corrected chi connectivity index (χ1v) is 6.95. The van der Waals surface area contributed by atoms with Gasteiger partial charge in [-0.3, -0.25) is 4.79 Å². The molecule has 0 aliphatic carbocycles. The number of carbonyl (C=O) groups excluding carboxylic acids is 1. The largest absolute Gasteiger partial charge is 0.396 e. The Bertz CT molecular complexity index is 545. The average molecular weight is 287 g/mol. The normalized spacial score (nSPS) is 11.1. The fourth-order valence-electron chi connectivity index (χ4n) is 1.81. The van der Waals surface area contributed by atoms with Gasteiger partial charge in [-0.25, -0.2) is 0 Å². The van der Waals surface area contributed by atoms with Gasteiger partial charge in [0, 0.05) is 25.0 Å². The number of hydrogen-bond acceptors (Lipinski definition) is 4. The minimum absolute atomic E-state index is 0.00602. The van der Waals surface area contributed by atoms with Gasteiger partial charge in [0.05, 0.1) is 0 Å². The third-order valence-electron chi connectivity index (χ3n) is 2.92. The molecule has 5 heteroatoms. The zero-order valence-corrected chi connectivity index (χ0v) is 12.4. The second-order valence-corrected chi connectivity index (χ2v) is 4.90. The highest BCUT2D eigenvalue weighted by Crippen LogP contribution is 2.23. The minimum atomic E-state index is -0.443. The number of benzene rings is 1. The van der Waals surface area contributed by atoms with E-state index in [1.807, 2.05) is 44.2 Å². The van der Waals surface area contributed by atoms with Crippen LogP contribution in [0.3, 0.4) is 0 Å². The lowest BCUT2D eigenvalue weighted by Crippen LogP contribution is -2.18. The van der Waals surface area contributed by atoms with Gasteiger partial charge >= 0.3 is 0 Å². The highest BCUT2D eigenvalue weighted by molar-refractivity contribution is 6.06. The van der Waals surface area contributed by atoms with Gasteiger partial charge in [0.1, 0.15) is 11.6 Å². The van der Waals surface area contributed by atoms with E-state index in [0.29, 0.717) is 18.7 Å². The number of para-hydroxylation sites is 1. The standard InChI is InChI=1S/C16H21N3O2/c1-12(2)14-6-3-4-7-15(14)19-16(21)13(10-17)11-18-8-5-9-20/h3-4,6-7,11-12,18,20H,5,8-9H2,1-2H3,(H,19,21)/b13-11-. The number of rotatable bonds is 7. The van der Waals surface area contributed by atoms with Crippen LogP contribution in [-0.2, 0) is 4.79 Å². The Hall–Kier alpha value is -2.32. The van der Waals surface area contributed by atoms with Crippen molar-refractivity contribution in [2.45, 2.75) is 26.2 Å². The topological polar surface area (TPSA) is 85.2 Å². The summed E-state index contributed by atoms with van der Waals surface area (Å²) in [5.41, 5.74) is 1.75. The van der Waals surface area contributed by atoms with Crippen LogP contribution in [0.5, 0.6) is 0 Å². The number of nitrogens with one attached hydrogen (secondary N) is 2. The van der Waals surface area contributed by atoms with E-state index in [1.165, 1.54) is 6.20 Å². The van der Waals surface area contributed by atoms with Crippen LogP contribution in [0, 0.1) is 11.3 Å². The van der Waals surface area contributed by atoms with Crippen molar-refractivity contribution in [3.05, 3.63) is 41.6 Å². The van der Waals surface area contributed by atoms with E-state index in [9.17, 15) is 4.79 Å². The highest BCUT2D eigenvalue weighted by Gasteiger charge is 2.12. The summed E-state index contributed by atoms with van der Waals surface area (Å²) in [6.07, 6.45) is 1.94. The molecule has 1 aromatic carbocycles. The maximum absolute atomic E-state index is 12.1. The second kappa shape index (κ2) is 8.77. The molecule has 0 aliphatic rings. The van der Waals surface area contributed by atoms with Crippen molar-refractivity contribution < 1.29 is 9.90 Å². The van der Waals surface area contributed by atoms with Crippen LogP contribution in [0.1, 0.15) is 31.7 Å². The van der Waals surface area contributed by atoms with Crippen LogP contribution in [0.2, 0.25) is 0 Å². The van der Waals surface area contributed by atoms with Gasteiger partial charge in [-0.15, -0.1) is 0 Å². The molecule has 0 heterocycles. The molecule has 1 rings (SSSR count). The molecule has 0 aliphatic heterocycles. The van der Waals surface area contributed by atoms with Crippen LogP contribution >= 0.6 is 0 Å². The molecule has 21 heavy (non-hydrogen) atoms. The Morgan fingerprint density at radius 3 is 2.76 bits per heavy atom. The van der Waals surface area contributed by atoms with E-state index >= 15 is 0 Å². The summed E-state index contributed by atoms with van der Waals surface area (Å²) in [6.45, 7) is 4.67. The first-order valence-electron chi connectivity index (χ1n) is 6.95. The molecule has 0 atom stereocenters. The van der Waals surface area contributed by atoms with Crippen molar-refractivity contribution in [2.24, 2.45) is 0 Å². The van der Waals surface area contributed by atoms with Crippen LogP contribution in [-0.4, -0.2) is 24.2 Å². The highest BCUT2D eigenvalue weighted by atomic mass is 16.3. The molecule has 0 radical (unpaired) electrons. The number of anilines is 1. The number of aliphatic hydroxyl groups is 1. The number of nitriles is 1. The predicted molar refractivity (Wildman–Crippen MR) is 82.6 cm³/mol. The van der Waals surface area contributed by atoms with Crippen molar-refractivity contribution >= 4 is 11.6 Å². The summed E-state index contributed by atoms with van der Waals surface area (Å²) < 4.78 is 0. The summed E-state index contributed by atoms with van der Waals surface area (Å²) in [6, 6.07) is 9.41.